The van der Waals surface area contributed by atoms with E-state index in [-0.39, 0.29) is 40.9 Å². The summed E-state index contributed by atoms with van der Waals surface area (Å²) in [6, 6.07) is 0. The van der Waals surface area contributed by atoms with Gasteiger partial charge in [0.05, 0.1) is 28.1 Å². The summed E-state index contributed by atoms with van der Waals surface area (Å²) < 4.78 is 34.3. The van der Waals surface area contributed by atoms with Gasteiger partial charge in [-0.25, -0.2) is 22.7 Å². The van der Waals surface area contributed by atoms with Gasteiger partial charge in [0.1, 0.15) is 5.76 Å². The summed E-state index contributed by atoms with van der Waals surface area (Å²) in [5.41, 5.74) is 0.0516. The van der Waals surface area contributed by atoms with Crippen LogP contribution in [-0.2, 0) is 30.8 Å². The molecule has 2 aromatic rings. The standard InChI is InChI=1S/C31H45N5O5S3/c1-30(2,3)24-17-33-26(41-24)19-42-27-18-34-29(43-27)35-28(38)23-4-7-36(8-5-23)44(39,40)9-6-32-25(37)16-31-13-20-10-21(14-31)12-22(11-20)15-31/h17-18,20-23H,4-16,19H2,1-3H3,(H,32,37)(H,34,35,38). The van der Waals surface area contributed by atoms with Crippen molar-refractivity contribution in [3.05, 3.63) is 24.0 Å². The second kappa shape index (κ2) is 12.7. The molecule has 2 aromatic heterocycles. The van der Waals surface area contributed by atoms with E-state index in [0.717, 1.165) is 27.7 Å². The zero-order valence-electron chi connectivity index (χ0n) is 26.0. The van der Waals surface area contributed by atoms with Gasteiger partial charge < -0.3 is 15.1 Å². The van der Waals surface area contributed by atoms with Crippen LogP contribution < -0.4 is 10.6 Å². The summed E-state index contributed by atoms with van der Waals surface area (Å²) in [4.78, 5) is 34.4. The van der Waals surface area contributed by atoms with Gasteiger partial charge in [0.15, 0.2) is 5.13 Å². The van der Waals surface area contributed by atoms with Crippen molar-refractivity contribution in [2.24, 2.45) is 29.1 Å². The van der Waals surface area contributed by atoms with Crippen LogP contribution in [0.3, 0.4) is 0 Å². The summed E-state index contributed by atoms with van der Waals surface area (Å²) in [5, 5.41) is 6.35. The smallest absolute Gasteiger partial charge is 0.229 e. The quantitative estimate of drug-likeness (QED) is 0.304. The van der Waals surface area contributed by atoms with Crippen LogP contribution in [0.4, 0.5) is 5.13 Å². The maximum Gasteiger partial charge on any atom is 0.229 e. The Balaban J connectivity index is 0.901. The van der Waals surface area contributed by atoms with E-state index in [1.807, 2.05) is 0 Å². The molecule has 0 radical (unpaired) electrons. The molecule has 1 aliphatic heterocycles. The number of nitrogens with one attached hydrogen (secondary N) is 2. The predicted octanol–water partition coefficient (Wildman–Crippen LogP) is 5.42. The number of carbonyl (C=O) groups excluding carboxylic acids is 2. The molecule has 4 aliphatic carbocycles. The largest absolute Gasteiger partial charge is 0.444 e. The van der Waals surface area contributed by atoms with E-state index >= 15 is 0 Å². The van der Waals surface area contributed by atoms with E-state index in [0.29, 0.717) is 49.1 Å². The minimum atomic E-state index is -3.51. The van der Waals surface area contributed by atoms with Crippen LogP contribution in [-0.4, -0.2) is 59.9 Å². The molecule has 4 bridgehead atoms. The van der Waals surface area contributed by atoms with Crippen molar-refractivity contribution in [2.45, 2.75) is 93.9 Å². The number of anilines is 1. The number of nitrogens with zero attached hydrogens (tertiary/aromatic N) is 3. The number of thioether (sulfide) groups is 1. The Kier molecular flexibility index (Phi) is 9.22. The van der Waals surface area contributed by atoms with E-state index in [9.17, 15) is 18.0 Å². The molecular weight excluding hydrogens is 619 g/mol. The lowest BCUT2D eigenvalue weighted by Crippen LogP contribution is -2.48. The molecule has 0 atom stereocenters. The number of aromatic nitrogens is 2. The van der Waals surface area contributed by atoms with Gasteiger partial charge in [0.25, 0.3) is 0 Å². The Hall–Kier alpha value is -1.96. The lowest BCUT2D eigenvalue weighted by atomic mass is 9.49. The summed E-state index contributed by atoms with van der Waals surface area (Å²) in [6.07, 6.45) is 12.5. The van der Waals surface area contributed by atoms with Crippen molar-refractivity contribution >= 4 is 50.1 Å². The molecule has 5 aliphatic rings. The number of piperidine rings is 1. The Bertz CT molecular complexity index is 1420. The third-order valence-corrected chi connectivity index (χ3v) is 13.9. The van der Waals surface area contributed by atoms with Crippen molar-refractivity contribution in [1.29, 1.82) is 0 Å². The zero-order valence-corrected chi connectivity index (χ0v) is 28.4. The highest BCUT2D eigenvalue weighted by Crippen LogP contribution is 2.61. The third-order valence-electron chi connectivity index (χ3n) is 9.95. The monoisotopic (exact) mass is 663 g/mol. The van der Waals surface area contributed by atoms with E-state index in [2.05, 4.69) is 41.4 Å². The van der Waals surface area contributed by atoms with Crippen LogP contribution in [0.5, 0.6) is 0 Å². The fraction of sp³-hybridized carbons (Fsp3) is 0.742. The van der Waals surface area contributed by atoms with Gasteiger partial charge in [-0.2, -0.15) is 0 Å². The molecule has 1 saturated heterocycles. The Morgan fingerprint density at radius 1 is 1.07 bits per heavy atom. The molecule has 4 saturated carbocycles. The van der Waals surface area contributed by atoms with Gasteiger partial charge in [-0.05, 0) is 74.5 Å². The SMILES string of the molecule is CC(C)(C)c1cnc(CSc2cnc(NC(=O)C3CCN(S(=O)(=O)CCNC(=O)CC45CC6CC(CC(C6)C4)C5)CC3)s2)o1. The van der Waals surface area contributed by atoms with Crippen molar-refractivity contribution in [1.82, 2.24) is 19.6 Å². The molecule has 3 heterocycles. The van der Waals surface area contributed by atoms with Crippen LogP contribution in [0.15, 0.2) is 21.0 Å². The molecule has 2 N–H and O–H groups in total. The highest BCUT2D eigenvalue weighted by atomic mass is 32.2. The summed E-state index contributed by atoms with van der Waals surface area (Å²) >= 11 is 2.95. The summed E-state index contributed by atoms with van der Waals surface area (Å²) in [6.45, 7) is 6.97. The van der Waals surface area contributed by atoms with Gasteiger partial charge in [0, 0.05) is 37.4 Å². The van der Waals surface area contributed by atoms with Crippen LogP contribution >= 0.6 is 23.1 Å². The lowest BCUT2D eigenvalue weighted by molar-refractivity contribution is -0.129. The molecule has 44 heavy (non-hydrogen) atoms. The van der Waals surface area contributed by atoms with Crippen molar-refractivity contribution < 1.29 is 22.4 Å². The highest BCUT2D eigenvalue weighted by Gasteiger charge is 2.51. The third kappa shape index (κ3) is 7.53. The number of oxazole rings is 1. The maximum absolute atomic E-state index is 13.0. The van der Waals surface area contributed by atoms with Crippen molar-refractivity contribution in [3.8, 4) is 0 Å². The normalized spacial score (nSPS) is 27.5. The first kappa shape index (κ1) is 32.0. The molecule has 0 spiro atoms. The molecular formula is C31H45N5O5S3. The Morgan fingerprint density at radius 2 is 1.73 bits per heavy atom. The highest BCUT2D eigenvalue weighted by molar-refractivity contribution is 8.00. The number of rotatable bonds is 11. The number of sulfonamides is 1. The Labute approximate surface area is 269 Å². The molecule has 7 rings (SSSR count). The van der Waals surface area contributed by atoms with Gasteiger partial charge in [-0.1, -0.05) is 32.1 Å². The minimum absolute atomic E-state index is 0.00595. The number of hydrogen-bond acceptors (Lipinski definition) is 9. The fourth-order valence-electron chi connectivity index (χ4n) is 8.20. The minimum Gasteiger partial charge on any atom is -0.444 e. The molecule has 5 fully saturated rings. The first-order valence-electron chi connectivity index (χ1n) is 15.9. The number of hydrogen-bond donors (Lipinski definition) is 2. The molecule has 2 amide bonds. The number of thiazole rings is 1. The lowest BCUT2D eigenvalue weighted by Gasteiger charge is -2.56. The van der Waals surface area contributed by atoms with Crippen LogP contribution in [0, 0.1) is 29.1 Å². The topological polar surface area (TPSA) is 134 Å². The van der Waals surface area contributed by atoms with E-state index in [4.69, 9.17) is 4.42 Å². The van der Waals surface area contributed by atoms with Crippen LogP contribution in [0.25, 0.3) is 0 Å². The summed E-state index contributed by atoms with van der Waals surface area (Å²) in [7, 11) is -3.51. The van der Waals surface area contributed by atoms with Crippen LogP contribution in [0.2, 0.25) is 0 Å². The molecule has 242 valence electrons. The fourth-order valence-corrected chi connectivity index (χ4v) is 11.3. The maximum atomic E-state index is 13.0. The van der Waals surface area contributed by atoms with Crippen molar-refractivity contribution in [3.63, 3.8) is 0 Å². The second-order valence-corrected chi connectivity index (χ2v) is 19.0. The molecule has 13 heteroatoms. The van der Waals surface area contributed by atoms with Gasteiger partial charge in [0.2, 0.25) is 27.7 Å². The van der Waals surface area contributed by atoms with E-state index in [1.165, 1.54) is 54.2 Å². The predicted molar refractivity (Wildman–Crippen MR) is 172 cm³/mol. The average Bonchev–Trinajstić information content (AvgIpc) is 3.60. The first-order chi connectivity index (χ1) is 20.9. The van der Waals surface area contributed by atoms with Gasteiger partial charge in [-0.15, -0.1) is 11.8 Å². The van der Waals surface area contributed by atoms with Gasteiger partial charge in [-0.3, -0.25) is 9.59 Å². The number of carbonyl (C=O) groups is 2. The molecule has 0 unspecified atom stereocenters. The summed E-state index contributed by atoms with van der Waals surface area (Å²) in [5.74, 6) is 3.91. The average molecular weight is 664 g/mol. The zero-order chi connectivity index (χ0) is 31.1. The molecule has 0 aromatic carbocycles. The second-order valence-electron chi connectivity index (χ2n) is 14.6. The Morgan fingerprint density at radius 3 is 2.34 bits per heavy atom. The van der Waals surface area contributed by atoms with Gasteiger partial charge >= 0.3 is 0 Å². The van der Waals surface area contributed by atoms with Crippen LogP contribution in [0.1, 0.15) is 90.2 Å². The number of amides is 2. The first-order valence-corrected chi connectivity index (χ1v) is 19.4. The molecule has 10 nitrogen and oxygen atoms in total. The van der Waals surface area contributed by atoms with E-state index in [1.54, 1.807) is 24.2 Å². The van der Waals surface area contributed by atoms with Crippen molar-refractivity contribution in [2.75, 3.05) is 30.7 Å². The van der Waals surface area contributed by atoms with E-state index < -0.39 is 10.0 Å².